The minimum Gasteiger partial charge on any atom is -0.386 e. The van der Waals surface area contributed by atoms with E-state index in [0.29, 0.717) is 11.6 Å². The zero-order valence-electron chi connectivity index (χ0n) is 14.2. The molecule has 130 valence electrons. The lowest BCUT2D eigenvalue weighted by Gasteiger charge is -2.21. The summed E-state index contributed by atoms with van der Waals surface area (Å²) in [7, 11) is 1.96. The number of aliphatic hydroxyl groups is 1. The van der Waals surface area contributed by atoms with Gasteiger partial charge in [-0.15, -0.1) is 11.3 Å². The SMILES string of the molecule is CCNC(=NCC(O)c1ccc(Cl)cc1)N(C)Cc1csc(C)n1. The van der Waals surface area contributed by atoms with Crippen molar-refractivity contribution in [2.24, 2.45) is 4.99 Å². The highest BCUT2D eigenvalue weighted by Crippen LogP contribution is 2.17. The Balaban J connectivity index is 2.02. The van der Waals surface area contributed by atoms with Gasteiger partial charge >= 0.3 is 0 Å². The van der Waals surface area contributed by atoms with Gasteiger partial charge in [0.1, 0.15) is 0 Å². The van der Waals surface area contributed by atoms with Crippen LogP contribution in [0.2, 0.25) is 5.02 Å². The van der Waals surface area contributed by atoms with Gasteiger partial charge in [0, 0.05) is 24.0 Å². The number of aryl methyl sites for hydroxylation is 1. The van der Waals surface area contributed by atoms with Gasteiger partial charge in [0.15, 0.2) is 5.96 Å². The maximum Gasteiger partial charge on any atom is 0.194 e. The van der Waals surface area contributed by atoms with Crippen molar-refractivity contribution in [3.63, 3.8) is 0 Å². The van der Waals surface area contributed by atoms with Crippen LogP contribution in [0.1, 0.15) is 29.3 Å². The topological polar surface area (TPSA) is 60.8 Å². The molecule has 24 heavy (non-hydrogen) atoms. The smallest absolute Gasteiger partial charge is 0.194 e. The van der Waals surface area contributed by atoms with Crippen molar-refractivity contribution in [2.75, 3.05) is 20.1 Å². The maximum absolute atomic E-state index is 10.3. The Kier molecular flexibility index (Phi) is 7.02. The molecule has 7 heteroatoms. The monoisotopic (exact) mass is 366 g/mol. The number of rotatable bonds is 6. The van der Waals surface area contributed by atoms with Gasteiger partial charge in [0.25, 0.3) is 0 Å². The third kappa shape index (κ3) is 5.47. The highest BCUT2D eigenvalue weighted by molar-refractivity contribution is 7.09. The number of guanidine groups is 1. The van der Waals surface area contributed by atoms with Crippen LogP contribution in [0.4, 0.5) is 0 Å². The molecular weight excluding hydrogens is 344 g/mol. The van der Waals surface area contributed by atoms with Crippen LogP contribution in [0, 0.1) is 6.92 Å². The molecule has 0 radical (unpaired) electrons. The normalized spacial score (nSPS) is 13.0. The van der Waals surface area contributed by atoms with Crippen LogP contribution in [0.25, 0.3) is 0 Å². The summed E-state index contributed by atoms with van der Waals surface area (Å²) in [6.07, 6.45) is -0.661. The summed E-state index contributed by atoms with van der Waals surface area (Å²) < 4.78 is 0. The summed E-state index contributed by atoms with van der Waals surface area (Å²) in [5, 5.41) is 17.3. The molecule has 2 aromatic rings. The predicted molar refractivity (Wildman–Crippen MR) is 101 cm³/mol. The lowest BCUT2D eigenvalue weighted by Crippen LogP contribution is -2.38. The van der Waals surface area contributed by atoms with E-state index in [2.05, 4.69) is 20.7 Å². The number of hydrogen-bond acceptors (Lipinski definition) is 4. The largest absolute Gasteiger partial charge is 0.386 e. The first-order chi connectivity index (χ1) is 11.5. The Bertz CT molecular complexity index is 671. The molecule has 1 heterocycles. The molecule has 0 amide bonds. The van der Waals surface area contributed by atoms with Crippen LogP contribution in [-0.4, -0.2) is 41.1 Å². The average molecular weight is 367 g/mol. The summed E-state index contributed by atoms with van der Waals surface area (Å²) in [6.45, 7) is 5.73. The molecule has 0 spiro atoms. The molecule has 0 aliphatic rings. The van der Waals surface area contributed by atoms with E-state index in [1.165, 1.54) is 0 Å². The van der Waals surface area contributed by atoms with Gasteiger partial charge in [-0.2, -0.15) is 0 Å². The molecule has 0 aliphatic carbocycles. The highest BCUT2D eigenvalue weighted by atomic mass is 35.5. The number of aromatic nitrogens is 1. The lowest BCUT2D eigenvalue weighted by atomic mass is 10.1. The van der Waals surface area contributed by atoms with Gasteiger partial charge in [-0.3, -0.25) is 4.99 Å². The Labute approximate surface area is 152 Å². The molecule has 1 atom stereocenters. The number of hydrogen-bond donors (Lipinski definition) is 2. The first-order valence-corrected chi connectivity index (χ1v) is 9.09. The number of benzene rings is 1. The van der Waals surface area contributed by atoms with E-state index in [-0.39, 0.29) is 6.54 Å². The van der Waals surface area contributed by atoms with Gasteiger partial charge < -0.3 is 15.3 Å². The third-order valence-corrected chi connectivity index (χ3v) is 4.51. The number of thiazole rings is 1. The van der Waals surface area contributed by atoms with Crippen LogP contribution < -0.4 is 5.32 Å². The van der Waals surface area contributed by atoms with Crippen molar-refractivity contribution in [1.29, 1.82) is 0 Å². The van der Waals surface area contributed by atoms with Crippen molar-refractivity contribution >= 4 is 28.9 Å². The maximum atomic E-state index is 10.3. The fourth-order valence-corrected chi connectivity index (χ4v) is 2.96. The summed E-state index contributed by atoms with van der Waals surface area (Å²) in [4.78, 5) is 11.0. The van der Waals surface area contributed by atoms with Crippen LogP contribution >= 0.6 is 22.9 Å². The van der Waals surface area contributed by atoms with Crippen molar-refractivity contribution in [3.05, 3.63) is 50.9 Å². The molecule has 2 N–H and O–H groups in total. The molecule has 0 bridgehead atoms. The zero-order chi connectivity index (χ0) is 17.5. The summed E-state index contributed by atoms with van der Waals surface area (Å²) in [5.74, 6) is 0.746. The van der Waals surface area contributed by atoms with Gasteiger partial charge in [0.2, 0.25) is 0 Å². The second-order valence-corrected chi connectivity index (χ2v) is 6.97. The summed E-state index contributed by atoms with van der Waals surface area (Å²) >= 11 is 7.51. The Hall–Kier alpha value is -1.63. The Morgan fingerprint density at radius 1 is 1.42 bits per heavy atom. The van der Waals surface area contributed by atoms with Gasteiger partial charge in [-0.05, 0) is 31.5 Å². The van der Waals surface area contributed by atoms with Crippen LogP contribution in [0.5, 0.6) is 0 Å². The van der Waals surface area contributed by atoms with E-state index >= 15 is 0 Å². The number of aliphatic imine (C=N–C) groups is 1. The summed E-state index contributed by atoms with van der Waals surface area (Å²) in [6, 6.07) is 7.17. The van der Waals surface area contributed by atoms with E-state index in [0.717, 1.165) is 28.8 Å². The lowest BCUT2D eigenvalue weighted by molar-refractivity contribution is 0.186. The Morgan fingerprint density at radius 3 is 2.71 bits per heavy atom. The van der Waals surface area contributed by atoms with Crippen molar-refractivity contribution in [1.82, 2.24) is 15.2 Å². The number of halogens is 1. The van der Waals surface area contributed by atoms with Crippen LogP contribution in [0.3, 0.4) is 0 Å². The van der Waals surface area contributed by atoms with E-state index in [1.807, 2.05) is 37.9 Å². The predicted octanol–water partition coefficient (Wildman–Crippen LogP) is 3.24. The van der Waals surface area contributed by atoms with Crippen molar-refractivity contribution < 1.29 is 5.11 Å². The third-order valence-electron chi connectivity index (χ3n) is 3.43. The molecule has 1 aromatic carbocycles. The highest BCUT2D eigenvalue weighted by Gasteiger charge is 2.11. The molecule has 0 saturated carbocycles. The molecule has 5 nitrogen and oxygen atoms in total. The second-order valence-electron chi connectivity index (χ2n) is 5.48. The molecule has 2 rings (SSSR count). The number of nitrogens with zero attached hydrogens (tertiary/aromatic N) is 3. The molecule has 0 saturated heterocycles. The van der Waals surface area contributed by atoms with E-state index in [9.17, 15) is 5.11 Å². The fraction of sp³-hybridized carbons (Fsp3) is 0.412. The first kappa shape index (κ1) is 18.7. The quantitative estimate of drug-likeness (QED) is 0.608. The average Bonchev–Trinajstić information content (AvgIpc) is 2.96. The molecule has 1 aromatic heterocycles. The first-order valence-electron chi connectivity index (χ1n) is 7.83. The van der Waals surface area contributed by atoms with Crippen molar-refractivity contribution in [3.8, 4) is 0 Å². The number of nitrogens with one attached hydrogen (secondary N) is 1. The standard InChI is InChI=1S/C17H23ClN4OS/c1-4-19-17(22(3)10-15-11-24-12(2)21-15)20-9-16(23)13-5-7-14(18)8-6-13/h5-8,11,16,23H,4,9-10H2,1-3H3,(H,19,20). The summed E-state index contributed by atoms with van der Waals surface area (Å²) in [5.41, 5.74) is 1.82. The molecular formula is C17H23ClN4OS. The van der Waals surface area contributed by atoms with E-state index in [1.54, 1.807) is 23.5 Å². The van der Waals surface area contributed by atoms with Crippen LogP contribution in [0.15, 0.2) is 34.6 Å². The second kappa shape index (κ2) is 9.01. The van der Waals surface area contributed by atoms with Gasteiger partial charge in [-0.25, -0.2) is 4.98 Å². The Morgan fingerprint density at radius 2 is 2.12 bits per heavy atom. The zero-order valence-corrected chi connectivity index (χ0v) is 15.7. The minimum absolute atomic E-state index is 0.282. The minimum atomic E-state index is -0.661. The molecule has 0 aliphatic heterocycles. The number of aliphatic hydroxyl groups excluding tert-OH is 1. The molecule has 0 fully saturated rings. The van der Waals surface area contributed by atoms with Crippen molar-refractivity contribution in [2.45, 2.75) is 26.5 Å². The van der Waals surface area contributed by atoms with Gasteiger partial charge in [0.05, 0.1) is 29.9 Å². The molecule has 1 unspecified atom stereocenters. The van der Waals surface area contributed by atoms with E-state index < -0.39 is 6.10 Å². The van der Waals surface area contributed by atoms with Gasteiger partial charge in [-0.1, -0.05) is 23.7 Å². The van der Waals surface area contributed by atoms with Crippen LogP contribution in [-0.2, 0) is 6.54 Å². The van der Waals surface area contributed by atoms with E-state index in [4.69, 9.17) is 11.6 Å². The fourth-order valence-electron chi connectivity index (χ4n) is 2.23.